The minimum Gasteiger partial charge on any atom is -0.480 e. The summed E-state index contributed by atoms with van der Waals surface area (Å²) >= 11 is 0. The second-order valence-corrected chi connectivity index (χ2v) is 5.61. The Kier molecular flexibility index (Phi) is 3.46. The lowest BCUT2D eigenvalue weighted by Crippen LogP contribution is -2.48. The molecule has 0 aromatic carbocycles. The van der Waals surface area contributed by atoms with Crippen LogP contribution < -0.4 is 0 Å². The Hall–Kier alpha value is -1.85. The first-order valence-electron chi connectivity index (χ1n) is 7.13. The van der Waals surface area contributed by atoms with E-state index in [0.29, 0.717) is 24.6 Å². The fraction of sp³-hybridized carbons (Fsp3) is 0.643. The fourth-order valence-electron chi connectivity index (χ4n) is 2.72. The Morgan fingerprint density at radius 3 is 2.85 bits per heavy atom. The summed E-state index contributed by atoms with van der Waals surface area (Å²) in [6, 6.07) is 1.14. The van der Waals surface area contributed by atoms with Crippen LogP contribution in [0.4, 0.5) is 0 Å². The summed E-state index contributed by atoms with van der Waals surface area (Å²) in [7, 11) is 0. The number of aliphatic carboxylic acids is 1. The molecule has 2 aliphatic rings. The second kappa shape index (κ2) is 5.26. The van der Waals surface area contributed by atoms with Gasteiger partial charge in [0.05, 0.1) is 12.1 Å². The van der Waals surface area contributed by atoms with Crippen molar-refractivity contribution in [1.29, 1.82) is 0 Å². The van der Waals surface area contributed by atoms with Crippen LogP contribution >= 0.6 is 0 Å². The van der Waals surface area contributed by atoms with E-state index in [1.807, 2.05) is 6.07 Å². The number of likely N-dealkylation sites (tertiary alicyclic amines) is 1. The average molecular weight is 278 g/mol. The molecule has 1 atom stereocenters. The highest BCUT2D eigenvalue weighted by Gasteiger charge is 2.33. The monoisotopic (exact) mass is 278 g/mol. The van der Waals surface area contributed by atoms with E-state index in [-0.39, 0.29) is 12.3 Å². The molecule has 1 aliphatic carbocycles. The molecule has 1 aromatic rings. The van der Waals surface area contributed by atoms with Gasteiger partial charge in [0.1, 0.15) is 11.8 Å². The minimum atomic E-state index is -0.922. The average Bonchev–Trinajstić information content (AvgIpc) is 3.19. The fourth-order valence-corrected chi connectivity index (χ4v) is 2.72. The number of amides is 1. The minimum absolute atomic E-state index is 0.101. The van der Waals surface area contributed by atoms with Crippen molar-refractivity contribution >= 4 is 11.9 Å². The van der Waals surface area contributed by atoms with Gasteiger partial charge in [0.25, 0.3) is 0 Å². The van der Waals surface area contributed by atoms with Gasteiger partial charge in [0, 0.05) is 18.5 Å². The van der Waals surface area contributed by atoms with Gasteiger partial charge in [-0.2, -0.15) is 0 Å². The van der Waals surface area contributed by atoms with E-state index in [1.165, 1.54) is 4.90 Å². The standard InChI is InChI=1S/C14H18N2O4/c17-13(16-6-2-1-3-12(16)14(18)19)8-10-7-11(15-20-10)9-4-5-9/h7,9,12H,1-6,8H2,(H,18,19)/t12-/m1/s1. The number of carboxylic acid groups (broad SMARTS) is 1. The number of hydrogen-bond donors (Lipinski definition) is 1. The summed E-state index contributed by atoms with van der Waals surface area (Å²) in [4.78, 5) is 24.9. The number of nitrogens with zero attached hydrogens (tertiary/aromatic N) is 2. The summed E-state index contributed by atoms with van der Waals surface area (Å²) in [5, 5.41) is 13.1. The molecule has 6 heteroatoms. The number of aromatic nitrogens is 1. The molecule has 0 bridgehead atoms. The molecule has 1 aromatic heterocycles. The Bertz CT molecular complexity index is 521. The summed E-state index contributed by atoms with van der Waals surface area (Å²) in [5.41, 5.74) is 0.918. The Morgan fingerprint density at radius 1 is 1.35 bits per heavy atom. The normalized spacial score (nSPS) is 22.8. The topological polar surface area (TPSA) is 83.6 Å². The third kappa shape index (κ3) is 2.69. The summed E-state index contributed by atoms with van der Waals surface area (Å²) in [5.74, 6) is -0.0825. The van der Waals surface area contributed by atoms with Crippen LogP contribution in [0.2, 0.25) is 0 Å². The molecule has 1 saturated heterocycles. The number of carboxylic acids is 1. The number of carbonyl (C=O) groups is 2. The van der Waals surface area contributed by atoms with E-state index < -0.39 is 12.0 Å². The Balaban J connectivity index is 1.65. The highest BCUT2D eigenvalue weighted by atomic mass is 16.5. The van der Waals surface area contributed by atoms with Crippen LogP contribution in [0.25, 0.3) is 0 Å². The quantitative estimate of drug-likeness (QED) is 0.903. The second-order valence-electron chi connectivity index (χ2n) is 5.61. The van der Waals surface area contributed by atoms with Gasteiger partial charge in [0.2, 0.25) is 5.91 Å². The third-order valence-electron chi connectivity index (χ3n) is 4.01. The number of carbonyl (C=O) groups excluding carboxylic acids is 1. The highest BCUT2D eigenvalue weighted by Crippen LogP contribution is 2.39. The van der Waals surface area contributed by atoms with Crippen LogP contribution in [0, 0.1) is 0 Å². The predicted octanol–water partition coefficient (Wildman–Crippen LogP) is 1.56. The van der Waals surface area contributed by atoms with Crippen LogP contribution in [0.15, 0.2) is 10.6 Å². The number of piperidine rings is 1. The lowest BCUT2D eigenvalue weighted by molar-refractivity contribution is -0.151. The largest absolute Gasteiger partial charge is 0.480 e. The molecule has 3 rings (SSSR count). The molecule has 20 heavy (non-hydrogen) atoms. The first kappa shape index (κ1) is 13.1. The third-order valence-corrected chi connectivity index (χ3v) is 4.01. The van der Waals surface area contributed by atoms with Crippen molar-refractivity contribution in [3.05, 3.63) is 17.5 Å². The van der Waals surface area contributed by atoms with Gasteiger partial charge in [-0.25, -0.2) is 4.79 Å². The van der Waals surface area contributed by atoms with Gasteiger partial charge >= 0.3 is 5.97 Å². The molecular formula is C14H18N2O4. The van der Waals surface area contributed by atoms with Crippen molar-refractivity contribution in [3.63, 3.8) is 0 Å². The van der Waals surface area contributed by atoms with Crippen molar-refractivity contribution in [3.8, 4) is 0 Å². The summed E-state index contributed by atoms with van der Waals surface area (Å²) in [6.07, 6.45) is 4.61. The molecule has 1 aliphatic heterocycles. The van der Waals surface area contributed by atoms with Crippen molar-refractivity contribution in [1.82, 2.24) is 10.1 Å². The van der Waals surface area contributed by atoms with E-state index >= 15 is 0 Å². The Labute approximate surface area is 116 Å². The van der Waals surface area contributed by atoms with Gasteiger partial charge in [-0.05, 0) is 32.1 Å². The van der Waals surface area contributed by atoms with Crippen molar-refractivity contribution in [2.24, 2.45) is 0 Å². The molecule has 0 unspecified atom stereocenters. The molecule has 0 spiro atoms. The molecule has 1 N–H and O–H groups in total. The van der Waals surface area contributed by atoms with Crippen LogP contribution in [0.3, 0.4) is 0 Å². The molecule has 1 saturated carbocycles. The maximum Gasteiger partial charge on any atom is 0.326 e. The van der Waals surface area contributed by atoms with Crippen LogP contribution in [0.1, 0.15) is 49.5 Å². The zero-order chi connectivity index (χ0) is 14.1. The predicted molar refractivity (Wildman–Crippen MR) is 69.2 cm³/mol. The lowest BCUT2D eigenvalue weighted by Gasteiger charge is -2.32. The molecular weight excluding hydrogens is 260 g/mol. The summed E-state index contributed by atoms with van der Waals surface area (Å²) in [6.45, 7) is 0.513. The molecule has 1 amide bonds. The van der Waals surface area contributed by atoms with Crippen LogP contribution in [-0.4, -0.2) is 39.6 Å². The van der Waals surface area contributed by atoms with Crippen molar-refractivity contribution < 1.29 is 19.2 Å². The van der Waals surface area contributed by atoms with Gasteiger partial charge in [-0.3, -0.25) is 4.79 Å². The zero-order valence-electron chi connectivity index (χ0n) is 11.2. The lowest BCUT2D eigenvalue weighted by atomic mass is 10.0. The van der Waals surface area contributed by atoms with Crippen molar-refractivity contribution in [2.45, 2.75) is 50.5 Å². The number of rotatable bonds is 4. The van der Waals surface area contributed by atoms with Gasteiger partial charge < -0.3 is 14.5 Å². The first-order valence-corrected chi connectivity index (χ1v) is 7.13. The molecule has 108 valence electrons. The van der Waals surface area contributed by atoms with E-state index in [9.17, 15) is 14.7 Å². The highest BCUT2D eigenvalue weighted by molar-refractivity contribution is 5.84. The van der Waals surface area contributed by atoms with Crippen LogP contribution in [0.5, 0.6) is 0 Å². The Morgan fingerprint density at radius 2 is 2.15 bits per heavy atom. The maximum absolute atomic E-state index is 12.3. The zero-order valence-corrected chi connectivity index (χ0v) is 11.2. The maximum atomic E-state index is 12.3. The summed E-state index contributed by atoms with van der Waals surface area (Å²) < 4.78 is 5.18. The van der Waals surface area contributed by atoms with Gasteiger partial charge in [0.15, 0.2) is 0 Å². The molecule has 0 radical (unpaired) electrons. The van der Waals surface area contributed by atoms with E-state index in [2.05, 4.69) is 5.16 Å². The van der Waals surface area contributed by atoms with Crippen LogP contribution in [-0.2, 0) is 16.0 Å². The molecule has 2 fully saturated rings. The van der Waals surface area contributed by atoms with E-state index in [4.69, 9.17) is 4.52 Å². The van der Waals surface area contributed by atoms with Gasteiger partial charge in [-0.1, -0.05) is 5.16 Å². The SMILES string of the molecule is O=C(O)[C@H]1CCCCN1C(=O)Cc1cc(C2CC2)no1. The van der Waals surface area contributed by atoms with E-state index in [0.717, 1.165) is 31.4 Å². The molecule has 6 nitrogen and oxygen atoms in total. The van der Waals surface area contributed by atoms with Gasteiger partial charge in [-0.15, -0.1) is 0 Å². The molecule has 2 heterocycles. The van der Waals surface area contributed by atoms with E-state index in [1.54, 1.807) is 0 Å². The smallest absolute Gasteiger partial charge is 0.326 e. The van der Waals surface area contributed by atoms with Crippen molar-refractivity contribution in [2.75, 3.05) is 6.54 Å². The number of hydrogen-bond acceptors (Lipinski definition) is 4. The first-order chi connectivity index (χ1) is 9.65.